The standard InChI is InChI=1S/C10H12F3N3OS2.C7H7ClFN/c1-16-6(5-17)4-7(15-19(16)14)8-2-3-9(18-8)10(11,12)13;1-10-5-2-3-7(9)6(8)4-5/h2-3,5-7H,4H2,1H3,(H2,14,15);2-4,10H,1H3. The van der Waals surface area contributed by atoms with Crippen LogP contribution in [0.25, 0.3) is 0 Å². The second-order valence-electron chi connectivity index (χ2n) is 6.02. The Hall–Kier alpha value is -1.53. The van der Waals surface area contributed by atoms with Gasteiger partial charge in [-0.1, -0.05) is 11.6 Å². The van der Waals surface area contributed by atoms with Gasteiger partial charge in [-0.3, -0.25) is 4.78 Å². The van der Waals surface area contributed by atoms with E-state index in [1.54, 1.807) is 24.5 Å². The number of halogens is 5. The van der Waals surface area contributed by atoms with Gasteiger partial charge in [-0.05, 0) is 36.8 Å². The number of rotatable bonds is 3. The van der Waals surface area contributed by atoms with Crippen LogP contribution >= 0.6 is 22.9 Å². The van der Waals surface area contributed by atoms with Crippen LogP contribution in [0.15, 0.2) is 30.3 Å². The summed E-state index contributed by atoms with van der Waals surface area (Å²) >= 11 is 5.06. The predicted molar refractivity (Wildman–Crippen MR) is 108 cm³/mol. The molecule has 1 aliphatic heterocycles. The van der Waals surface area contributed by atoms with Crippen molar-refractivity contribution >= 4 is 46.0 Å². The summed E-state index contributed by atoms with van der Waals surface area (Å²) in [6.45, 7) is 0. The Kier molecular flexibility index (Phi) is 8.18. The van der Waals surface area contributed by atoms with Crippen molar-refractivity contribution in [3.8, 4) is 0 Å². The normalized spacial score (nSPS) is 22.5. The first-order valence-corrected chi connectivity index (χ1v) is 10.6. The Morgan fingerprint density at radius 2 is 2.07 bits per heavy atom. The van der Waals surface area contributed by atoms with Gasteiger partial charge in [-0.25, -0.2) is 13.4 Å². The molecule has 29 heavy (non-hydrogen) atoms. The summed E-state index contributed by atoms with van der Waals surface area (Å²) in [6, 6.07) is 6.12. The van der Waals surface area contributed by atoms with Gasteiger partial charge in [0.1, 0.15) is 17.0 Å². The smallest absolute Gasteiger partial charge is 0.388 e. The molecular formula is C17H19ClF4N4OS2. The summed E-state index contributed by atoms with van der Waals surface area (Å²) in [6.07, 6.45) is -3.23. The van der Waals surface area contributed by atoms with Crippen molar-refractivity contribution in [2.75, 3.05) is 19.4 Å². The largest absolute Gasteiger partial charge is 0.425 e. The molecule has 0 saturated carbocycles. The number of aldehydes is 1. The van der Waals surface area contributed by atoms with Gasteiger partial charge in [0.05, 0.1) is 17.1 Å². The van der Waals surface area contributed by atoms with Crippen LogP contribution in [0.3, 0.4) is 0 Å². The minimum atomic E-state index is -4.35. The number of nitrogens with one attached hydrogen (secondary N) is 3. The van der Waals surface area contributed by atoms with Crippen LogP contribution in [0.1, 0.15) is 22.2 Å². The van der Waals surface area contributed by atoms with Gasteiger partial charge in [0, 0.05) is 35.7 Å². The van der Waals surface area contributed by atoms with E-state index in [1.807, 2.05) is 0 Å². The van der Waals surface area contributed by atoms with Crippen molar-refractivity contribution in [3.05, 3.63) is 50.9 Å². The monoisotopic (exact) mass is 470 g/mol. The second kappa shape index (κ2) is 9.98. The summed E-state index contributed by atoms with van der Waals surface area (Å²) in [4.78, 5) is 10.8. The number of benzene rings is 1. The number of carbonyl (C=O) groups is 1. The molecule has 0 aliphatic carbocycles. The van der Waals surface area contributed by atoms with Crippen molar-refractivity contribution in [3.63, 3.8) is 0 Å². The molecule has 0 radical (unpaired) electrons. The van der Waals surface area contributed by atoms with Crippen LogP contribution in [-0.4, -0.2) is 30.7 Å². The lowest BCUT2D eigenvalue weighted by atomic mass is 10.1. The van der Waals surface area contributed by atoms with Crippen molar-refractivity contribution < 1.29 is 22.4 Å². The first kappa shape index (κ1) is 23.7. The Morgan fingerprint density at radius 3 is 2.59 bits per heavy atom. The first-order chi connectivity index (χ1) is 13.6. The molecule has 1 saturated heterocycles. The fourth-order valence-corrected chi connectivity index (χ4v) is 4.71. The van der Waals surface area contributed by atoms with E-state index in [0.717, 1.165) is 18.0 Å². The number of anilines is 1. The molecule has 0 bridgehead atoms. The zero-order valence-electron chi connectivity index (χ0n) is 15.4. The van der Waals surface area contributed by atoms with E-state index in [9.17, 15) is 22.4 Å². The maximum atomic E-state index is 12.5. The van der Waals surface area contributed by atoms with Crippen LogP contribution in [-0.2, 0) is 22.0 Å². The summed E-state index contributed by atoms with van der Waals surface area (Å²) in [5.41, 5.74) is 0.811. The summed E-state index contributed by atoms with van der Waals surface area (Å²) in [7, 11) is 3.40. The molecule has 3 unspecified atom stereocenters. The Labute approximate surface area is 177 Å². The summed E-state index contributed by atoms with van der Waals surface area (Å²) < 4.78 is 62.4. The molecule has 3 rings (SSSR count). The molecule has 3 N–H and O–H groups in total. The Morgan fingerprint density at radius 1 is 1.38 bits per heavy atom. The fourth-order valence-electron chi connectivity index (χ4n) is 2.45. The number of likely N-dealkylation sites (N-methyl/N-ethyl adjacent to an activating group) is 1. The predicted octanol–water partition coefficient (Wildman–Crippen LogP) is 5.03. The zero-order valence-corrected chi connectivity index (χ0v) is 17.8. The molecule has 0 spiro atoms. The summed E-state index contributed by atoms with van der Waals surface area (Å²) in [5, 5.41) is 2.99. The minimum absolute atomic E-state index is 0.145. The topological polar surface area (TPSA) is 68.2 Å². The highest BCUT2D eigenvalue weighted by atomic mass is 35.5. The van der Waals surface area contributed by atoms with Gasteiger partial charge in [-0.2, -0.15) is 13.2 Å². The van der Waals surface area contributed by atoms with Crippen molar-refractivity contribution in [1.29, 1.82) is 4.78 Å². The minimum Gasteiger partial charge on any atom is -0.388 e. The Bertz CT molecular complexity index is 877. The van der Waals surface area contributed by atoms with E-state index in [1.165, 1.54) is 18.2 Å². The van der Waals surface area contributed by atoms with Gasteiger partial charge in [0.25, 0.3) is 0 Å². The van der Waals surface area contributed by atoms with Gasteiger partial charge < -0.3 is 10.1 Å². The van der Waals surface area contributed by atoms with Gasteiger partial charge in [-0.15, -0.1) is 11.3 Å². The first-order valence-electron chi connectivity index (χ1n) is 8.26. The van der Waals surface area contributed by atoms with E-state index in [4.69, 9.17) is 16.4 Å². The highest BCUT2D eigenvalue weighted by Crippen LogP contribution is 2.38. The number of hydrogen-bond acceptors (Lipinski definition) is 4. The number of hydrogen-bond donors (Lipinski definition) is 3. The maximum Gasteiger partial charge on any atom is 0.425 e. The second-order valence-corrected chi connectivity index (χ2v) is 8.92. The van der Waals surface area contributed by atoms with E-state index in [-0.39, 0.29) is 16.9 Å². The van der Waals surface area contributed by atoms with Gasteiger partial charge in [0.15, 0.2) is 0 Å². The maximum absolute atomic E-state index is 12.5. The molecule has 1 aliphatic rings. The van der Waals surface area contributed by atoms with Crippen LogP contribution < -0.4 is 10.0 Å². The van der Waals surface area contributed by atoms with E-state index >= 15 is 0 Å². The van der Waals surface area contributed by atoms with E-state index in [2.05, 4.69) is 10.0 Å². The lowest BCUT2D eigenvalue weighted by molar-refractivity contribution is -0.134. The SMILES string of the molecule is CN1C(C=O)CC(c2ccc(C(F)(F)F)s2)NS1=N.CNc1ccc(F)c(Cl)c1. The lowest BCUT2D eigenvalue weighted by Gasteiger charge is -2.35. The molecule has 1 fully saturated rings. The molecular weight excluding hydrogens is 452 g/mol. The molecule has 3 atom stereocenters. The van der Waals surface area contributed by atoms with Crippen molar-refractivity contribution in [2.24, 2.45) is 0 Å². The van der Waals surface area contributed by atoms with Crippen LogP contribution in [0.5, 0.6) is 0 Å². The quantitative estimate of drug-likeness (QED) is 0.434. The molecule has 2 aromatic rings. The average Bonchev–Trinajstić information content (AvgIpc) is 3.17. The molecule has 1 aromatic heterocycles. The zero-order chi connectivity index (χ0) is 21.8. The van der Waals surface area contributed by atoms with Gasteiger partial charge in [0.2, 0.25) is 0 Å². The van der Waals surface area contributed by atoms with Crippen LogP contribution in [0, 0.1) is 10.6 Å². The van der Waals surface area contributed by atoms with Crippen LogP contribution in [0.4, 0.5) is 23.2 Å². The van der Waals surface area contributed by atoms with Crippen LogP contribution in [0.2, 0.25) is 5.02 Å². The molecule has 1 aromatic carbocycles. The van der Waals surface area contributed by atoms with E-state index in [0.29, 0.717) is 22.6 Å². The van der Waals surface area contributed by atoms with Crippen molar-refractivity contribution in [1.82, 2.24) is 9.03 Å². The third-order valence-corrected chi connectivity index (χ3v) is 6.99. The van der Waals surface area contributed by atoms with Gasteiger partial charge >= 0.3 is 6.18 Å². The molecule has 5 nitrogen and oxygen atoms in total. The lowest BCUT2D eigenvalue weighted by Crippen LogP contribution is -2.48. The third-order valence-electron chi connectivity index (χ3n) is 4.10. The van der Waals surface area contributed by atoms with Crippen molar-refractivity contribution in [2.45, 2.75) is 24.7 Å². The molecule has 160 valence electrons. The third kappa shape index (κ3) is 6.22. The molecule has 0 amide bonds. The number of nitrogens with zero attached hydrogens (tertiary/aromatic N) is 1. The molecule has 2 heterocycles. The van der Waals surface area contributed by atoms with E-state index < -0.39 is 28.2 Å². The number of thiophene rings is 1. The fraction of sp³-hybridized carbons (Fsp3) is 0.353. The summed E-state index contributed by atoms with van der Waals surface area (Å²) in [5.74, 6) is -0.388. The Balaban J connectivity index is 0.000000253. The highest BCUT2D eigenvalue weighted by Gasteiger charge is 2.35. The highest BCUT2D eigenvalue weighted by molar-refractivity contribution is 7.81. The number of carbonyl (C=O) groups excluding carboxylic acids is 1. The molecule has 12 heteroatoms. The average molecular weight is 471 g/mol. The number of alkyl halides is 3.